The molecule has 0 unspecified atom stereocenters. The van der Waals surface area contributed by atoms with E-state index in [0.29, 0.717) is 12.0 Å². The molecule has 0 aromatic carbocycles. The molecule has 1 spiro atoms. The summed E-state index contributed by atoms with van der Waals surface area (Å²) in [4.78, 5) is 7.30. The van der Waals surface area contributed by atoms with Crippen molar-refractivity contribution in [3.05, 3.63) is 11.6 Å². The highest BCUT2D eigenvalue weighted by Crippen LogP contribution is 2.47. The van der Waals surface area contributed by atoms with Gasteiger partial charge in [0.1, 0.15) is 12.4 Å². The molecule has 128 valence electrons. The molecule has 0 amide bonds. The molecule has 1 aliphatic carbocycles. The molecule has 1 aromatic rings. The van der Waals surface area contributed by atoms with Crippen LogP contribution in [0.4, 0.5) is 0 Å². The van der Waals surface area contributed by atoms with E-state index in [-0.39, 0.29) is 24.0 Å². The Kier molecular flexibility index (Phi) is 5.13. The SMILES string of the molecule is CCNC(=NCc1nnc2n1CCC2)N1CCC2(CCC2)C1.I. The van der Waals surface area contributed by atoms with E-state index >= 15 is 0 Å². The molecule has 7 heteroatoms. The Bertz CT molecular complexity index is 577. The van der Waals surface area contributed by atoms with Gasteiger partial charge in [-0.05, 0) is 38.0 Å². The molecular weight excluding hydrogens is 403 g/mol. The van der Waals surface area contributed by atoms with E-state index in [1.807, 2.05) is 0 Å². The van der Waals surface area contributed by atoms with Gasteiger partial charge < -0.3 is 14.8 Å². The molecule has 6 nitrogen and oxygen atoms in total. The van der Waals surface area contributed by atoms with Gasteiger partial charge in [-0.1, -0.05) is 6.42 Å². The zero-order valence-corrected chi connectivity index (χ0v) is 16.3. The highest BCUT2D eigenvalue weighted by molar-refractivity contribution is 14.0. The molecule has 4 rings (SSSR count). The number of hydrogen-bond donors (Lipinski definition) is 1. The lowest BCUT2D eigenvalue weighted by atomic mass is 9.68. The number of guanidine groups is 1. The van der Waals surface area contributed by atoms with Crippen LogP contribution in [0.5, 0.6) is 0 Å². The van der Waals surface area contributed by atoms with Crippen LogP contribution in [0, 0.1) is 5.41 Å². The average molecular weight is 430 g/mol. The Morgan fingerprint density at radius 2 is 2.09 bits per heavy atom. The van der Waals surface area contributed by atoms with E-state index in [4.69, 9.17) is 4.99 Å². The number of aryl methyl sites for hydroxylation is 1. The fourth-order valence-electron chi connectivity index (χ4n) is 4.10. The number of nitrogens with one attached hydrogen (secondary N) is 1. The second kappa shape index (κ2) is 6.94. The zero-order chi connectivity index (χ0) is 15.0. The summed E-state index contributed by atoms with van der Waals surface area (Å²) in [5.41, 5.74) is 0.603. The highest BCUT2D eigenvalue weighted by atomic mass is 127. The predicted octanol–water partition coefficient (Wildman–Crippen LogP) is 2.18. The molecule has 1 saturated heterocycles. The first kappa shape index (κ1) is 17.0. The fraction of sp³-hybridized carbons (Fsp3) is 0.812. The van der Waals surface area contributed by atoms with Crippen molar-refractivity contribution in [1.82, 2.24) is 25.0 Å². The monoisotopic (exact) mass is 430 g/mol. The molecule has 0 radical (unpaired) electrons. The number of hydrogen-bond acceptors (Lipinski definition) is 3. The number of likely N-dealkylation sites (tertiary alicyclic amines) is 1. The third-order valence-corrected chi connectivity index (χ3v) is 5.54. The van der Waals surface area contributed by atoms with E-state index < -0.39 is 0 Å². The minimum Gasteiger partial charge on any atom is -0.357 e. The van der Waals surface area contributed by atoms with Crippen LogP contribution in [-0.2, 0) is 19.5 Å². The average Bonchev–Trinajstić information content (AvgIpc) is 3.18. The Hall–Kier alpha value is -0.860. The van der Waals surface area contributed by atoms with Crippen LogP contribution in [0.25, 0.3) is 0 Å². The minimum absolute atomic E-state index is 0. The molecule has 3 aliphatic rings. The van der Waals surface area contributed by atoms with Crippen molar-refractivity contribution < 1.29 is 0 Å². The summed E-state index contributed by atoms with van der Waals surface area (Å²) < 4.78 is 2.24. The van der Waals surface area contributed by atoms with E-state index in [2.05, 4.69) is 31.9 Å². The van der Waals surface area contributed by atoms with Crippen LogP contribution >= 0.6 is 24.0 Å². The molecular formula is C16H27IN6. The van der Waals surface area contributed by atoms with Crippen LogP contribution in [0.1, 0.15) is 50.7 Å². The van der Waals surface area contributed by atoms with Gasteiger partial charge in [0.15, 0.2) is 11.8 Å². The van der Waals surface area contributed by atoms with E-state index in [1.54, 1.807) is 0 Å². The molecule has 0 bridgehead atoms. The lowest BCUT2D eigenvalue weighted by Crippen LogP contribution is -2.42. The Labute approximate surface area is 155 Å². The van der Waals surface area contributed by atoms with Gasteiger partial charge in [-0.15, -0.1) is 34.2 Å². The van der Waals surface area contributed by atoms with Crippen LogP contribution in [0.3, 0.4) is 0 Å². The number of aromatic nitrogens is 3. The minimum atomic E-state index is 0. The molecule has 2 fully saturated rings. The molecule has 2 aliphatic heterocycles. The first-order chi connectivity index (χ1) is 10.8. The largest absolute Gasteiger partial charge is 0.357 e. The fourth-order valence-corrected chi connectivity index (χ4v) is 4.10. The van der Waals surface area contributed by atoms with Crippen molar-refractivity contribution >= 4 is 29.9 Å². The van der Waals surface area contributed by atoms with E-state index in [9.17, 15) is 0 Å². The van der Waals surface area contributed by atoms with Crippen LogP contribution < -0.4 is 5.32 Å². The maximum absolute atomic E-state index is 4.85. The third kappa shape index (κ3) is 3.21. The normalized spacial score (nSPS) is 22.0. The topological polar surface area (TPSA) is 58.3 Å². The maximum Gasteiger partial charge on any atom is 0.194 e. The summed E-state index contributed by atoms with van der Waals surface area (Å²) in [7, 11) is 0. The lowest BCUT2D eigenvalue weighted by Gasteiger charge is -2.38. The zero-order valence-electron chi connectivity index (χ0n) is 13.9. The second-order valence-corrected chi connectivity index (χ2v) is 6.98. The third-order valence-electron chi connectivity index (χ3n) is 5.54. The summed E-state index contributed by atoms with van der Waals surface area (Å²) in [5.74, 6) is 3.20. The molecule has 1 aromatic heterocycles. The van der Waals surface area contributed by atoms with Crippen molar-refractivity contribution in [2.45, 2.75) is 58.5 Å². The molecule has 23 heavy (non-hydrogen) atoms. The lowest BCUT2D eigenvalue weighted by molar-refractivity contribution is 0.151. The number of nitrogens with zero attached hydrogens (tertiary/aromatic N) is 5. The van der Waals surface area contributed by atoms with Crippen LogP contribution in [0.15, 0.2) is 4.99 Å². The number of aliphatic imine (C=N–C) groups is 1. The summed E-state index contributed by atoms with van der Waals surface area (Å²) >= 11 is 0. The second-order valence-electron chi connectivity index (χ2n) is 6.98. The summed E-state index contributed by atoms with van der Waals surface area (Å²) in [6, 6.07) is 0. The van der Waals surface area contributed by atoms with E-state index in [1.165, 1.54) is 38.6 Å². The van der Waals surface area contributed by atoms with Crippen LogP contribution in [0.2, 0.25) is 0 Å². The maximum atomic E-state index is 4.85. The van der Waals surface area contributed by atoms with Gasteiger partial charge in [-0.3, -0.25) is 0 Å². The van der Waals surface area contributed by atoms with Crippen molar-refractivity contribution in [3.8, 4) is 0 Å². The molecule has 3 heterocycles. The predicted molar refractivity (Wildman–Crippen MR) is 101 cm³/mol. The van der Waals surface area contributed by atoms with Crippen molar-refractivity contribution in [3.63, 3.8) is 0 Å². The quantitative estimate of drug-likeness (QED) is 0.454. The van der Waals surface area contributed by atoms with Gasteiger partial charge in [-0.2, -0.15) is 0 Å². The summed E-state index contributed by atoms with van der Waals surface area (Å²) in [6.07, 6.45) is 7.80. The molecule has 1 N–H and O–H groups in total. The standard InChI is InChI=1S/C16H26N6.HI/c1-2-17-15(21-10-8-16(12-21)6-4-7-16)18-11-14-20-19-13-5-3-9-22(13)14;/h2-12H2,1H3,(H,17,18);1H. The molecule has 1 saturated carbocycles. The summed E-state index contributed by atoms with van der Waals surface area (Å²) in [5, 5.41) is 12.0. The smallest absolute Gasteiger partial charge is 0.194 e. The van der Waals surface area contributed by atoms with Gasteiger partial charge in [0.2, 0.25) is 0 Å². The summed E-state index contributed by atoms with van der Waals surface area (Å²) in [6.45, 7) is 7.07. The highest BCUT2D eigenvalue weighted by Gasteiger charge is 2.43. The van der Waals surface area contributed by atoms with Gasteiger partial charge in [-0.25, -0.2) is 4.99 Å². The molecule has 0 atom stereocenters. The van der Waals surface area contributed by atoms with Crippen LogP contribution in [-0.4, -0.2) is 45.3 Å². The Balaban J connectivity index is 0.00000156. The van der Waals surface area contributed by atoms with Gasteiger partial charge in [0.05, 0.1) is 0 Å². The number of halogens is 1. The number of fused-ring (bicyclic) bond motifs is 1. The van der Waals surface area contributed by atoms with Gasteiger partial charge in [0, 0.05) is 32.6 Å². The van der Waals surface area contributed by atoms with Gasteiger partial charge >= 0.3 is 0 Å². The van der Waals surface area contributed by atoms with Gasteiger partial charge in [0.25, 0.3) is 0 Å². The Morgan fingerprint density at radius 3 is 2.78 bits per heavy atom. The number of rotatable bonds is 3. The van der Waals surface area contributed by atoms with Crippen molar-refractivity contribution in [2.75, 3.05) is 19.6 Å². The van der Waals surface area contributed by atoms with Crippen molar-refractivity contribution in [2.24, 2.45) is 10.4 Å². The Morgan fingerprint density at radius 1 is 1.22 bits per heavy atom. The first-order valence-corrected chi connectivity index (χ1v) is 8.74. The van der Waals surface area contributed by atoms with Crippen molar-refractivity contribution in [1.29, 1.82) is 0 Å². The first-order valence-electron chi connectivity index (χ1n) is 8.74. The van der Waals surface area contributed by atoms with E-state index in [0.717, 1.165) is 43.7 Å².